The van der Waals surface area contributed by atoms with Crippen molar-refractivity contribution >= 4 is 23.4 Å². The number of carboxylic acid groups (broad SMARTS) is 1. The summed E-state index contributed by atoms with van der Waals surface area (Å²) in [5.74, 6) is -2.73. The molecule has 0 aromatic heterocycles. The molecular formula is C14H13ClN2O4. The molecule has 7 heteroatoms. The third-order valence-electron chi connectivity index (χ3n) is 3.21. The molecule has 0 fully saturated rings. The molecular weight excluding hydrogens is 296 g/mol. The zero-order valence-corrected chi connectivity index (χ0v) is 11.5. The number of benzene rings is 1. The molecule has 1 aliphatic rings. The van der Waals surface area contributed by atoms with Crippen LogP contribution in [0, 0.1) is 0 Å². The summed E-state index contributed by atoms with van der Waals surface area (Å²) in [5.41, 5.74) is 3.96. The number of hydrogen-bond acceptors (Lipinski definition) is 5. The van der Waals surface area contributed by atoms with Crippen LogP contribution in [0.4, 0.5) is 0 Å². The number of aliphatic carboxylic acids is 1. The predicted molar refractivity (Wildman–Crippen MR) is 76.7 cm³/mol. The molecule has 110 valence electrons. The van der Waals surface area contributed by atoms with E-state index in [2.05, 4.69) is 5.32 Å². The first-order valence-corrected chi connectivity index (χ1v) is 6.40. The Morgan fingerprint density at radius 2 is 2.10 bits per heavy atom. The van der Waals surface area contributed by atoms with Gasteiger partial charge >= 0.3 is 5.97 Å². The van der Waals surface area contributed by atoms with Gasteiger partial charge < -0.3 is 21.3 Å². The van der Waals surface area contributed by atoms with Gasteiger partial charge in [0.1, 0.15) is 5.76 Å². The number of allylic oxidation sites excluding steroid dienone is 2. The monoisotopic (exact) mass is 308 g/mol. The summed E-state index contributed by atoms with van der Waals surface area (Å²) < 4.78 is 0. The van der Waals surface area contributed by atoms with E-state index >= 15 is 0 Å². The van der Waals surface area contributed by atoms with Gasteiger partial charge in [-0.3, -0.25) is 9.59 Å². The van der Waals surface area contributed by atoms with Crippen LogP contribution in [-0.2, 0) is 15.1 Å². The minimum Gasteiger partial charge on any atom is -0.509 e. The molecule has 0 saturated carbocycles. The van der Waals surface area contributed by atoms with Gasteiger partial charge in [-0.1, -0.05) is 23.7 Å². The minimum atomic E-state index is -1.79. The molecule has 2 rings (SSSR count). The maximum atomic E-state index is 12.5. The van der Waals surface area contributed by atoms with Crippen molar-refractivity contribution in [2.24, 2.45) is 5.73 Å². The molecule has 1 heterocycles. The fourth-order valence-corrected chi connectivity index (χ4v) is 2.34. The molecule has 6 nitrogen and oxygen atoms in total. The Morgan fingerprint density at radius 1 is 1.38 bits per heavy atom. The van der Waals surface area contributed by atoms with Crippen molar-refractivity contribution in [1.29, 1.82) is 0 Å². The van der Waals surface area contributed by atoms with E-state index in [0.717, 1.165) is 0 Å². The van der Waals surface area contributed by atoms with E-state index in [4.69, 9.17) is 22.4 Å². The molecule has 5 N–H and O–H groups in total. The number of aliphatic hydroxyl groups excluding tert-OH is 1. The highest BCUT2D eigenvalue weighted by molar-refractivity contribution is 6.30. The quantitative estimate of drug-likeness (QED) is 0.619. The van der Waals surface area contributed by atoms with E-state index in [-0.39, 0.29) is 5.76 Å². The lowest BCUT2D eigenvalue weighted by Crippen LogP contribution is -2.57. The zero-order chi connectivity index (χ0) is 15.6. The first kappa shape index (κ1) is 15.1. The van der Waals surface area contributed by atoms with E-state index in [1.165, 1.54) is 24.4 Å². The number of hydrogen-bond donors (Lipinski definition) is 4. The molecule has 0 spiro atoms. The summed E-state index contributed by atoms with van der Waals surface area (Å²) in [7, 11) is 0. The van der Waals surface area contributed by atoms with E-state index in [1.54, 1.807) is 18.2 Å². The largest absolute Gasteiger partial charge is 0.509 e. The van der Waals surface area contributed by atoms with Crippen LogP contribution in [0.15, 0.2) is 48.4 Å². The maximum Gasteiger partial charge on any atom is 0.328 e. The number of nitrogens with two attached hydrogens (primary N) is 1. The number of dihydropyridines is 1. The highest BCUT2D eigenvalue weighted by Crippen LogP contribution is 2.33. The summed E-state index contributed by atoms with van der Waals surface area (Å²) in [6.07, 6.45) is 4.20. The minimum absolute atomic E-state index is 0.301. The lowest BCUT2D eigenvalue weighted by Gasteiger charge is -2.35. The summed E-state index contributed by atoms with van der Waals surface area (Å²) in [6.45, 7) is 0. The number of halogens is 1. The SMILES string of the molecule is NC(C(=O)O)C(=O)C1(c2cccc(Cl)c2)NC=CC=C1O. The molecule has 2 unspecified atom stereocenters. The first-order valence-electron chi connectivity index (χ1n) is 6.02. The highest BCUT2D eigenvalue weighted by atomic mass is 35.5. The second-order valence-corrected chi connectivity index (χ2v) is 4.93. The van der Waals surface area contributed by atoms with Crippen LogP contribution < -0.4 is 11.1 Å². The van der Waals surface area contributed by atoms with Crippen molar-refractivity contribution in [3.05, 3.63) is 59.0 Å². The number of Topliss-reactive ketones (excluding diaryl/α,β-unsaturated/α-hetero) is 1. The molecule has 1 aromatic rings. The molecule has 1 aliphatic heterocycles. The van der Waals surface area contributed by atoms with Crippen molar-refractivity contribution in [1.82, 2.24) is 5.32 Å². The zero-order valence-electron chi connectivity index (χ0n) is 10.8. The molecule has 1 aromatic carbocycles. The van der Waals surface area contributed by atoms with Crippen LogP contribution in [0.1, 0.15) is 5.56 Å². The second kappa shape index (κ2) is 5.59. The molecule has 0 saturated heterocycles. The predicted octanol–water partition coefficient (Wildman–Crippen LogP) is 1.08. The molecule has 0 amide bonds. The maximum absolute atomic E-state index is 12.5. The molecule has 2 atom stereocenters. The Labute approximate surface area is 125 Å². The third kappa shape index (κ3) is 2.51. The van der Waals surface area contributed by atoms with Crippen LogP contribution in [0.2, 0.25) is 5.02 Å². The summed E-state index contributed by atoms with van der Waals surface area (Å²) in [6, 6.07) is 4.41. The van der Waals surface area contributed by atoms with Gasteiger partial charge in [0.15, 0.2) is 17.4 Å². The Balaban J connectivity index is 2.61. The van der Waals surface area contributed by atoms with Gasteiger partial charge in [0.2, 0.25) is 0 Å². The standard InChI is InChI=1S/C14H13ClN2O4/c15-9-4-1-3-8(7-9)14(10(18)5-2-6-17-14)12(19)11(16)13(20)21/h1-7,11,17-18H,16H2,(H,20,21). The van der Waals surface area contributed by atoms with E-state index < -0.39 is 23.3 Å². The van der Waals surface area contributed by atoms with Crippen molar-refractivity contribution in [3.63, 3.8) is 0 Å². The fourth-order valence-electron chi connectivity index (χ4n) is 2.15. The average molecular weight is 309 g/mol. The van der Waals surface area contributed by atoms with Crippen LogP contribution >= 0.6 is 11.6 Å². The number of ketones is 1. The van der Waals surface area contributed by atoms with Gasteiger partial charge in [0.25, 0.3) is 0 Å². The fraction of sp³-hybridized carbons (Fsp3) is 0.143. The van der Waals surface area contributed by atoms with Crippen molar-refractivity contribution in [2.45, 2.75) is 11.6 Å². The van der Waals surface area contributed by atoms with Crippen molar-refractivity contribution < 1.29 is 19.8 Å². The molecule has 0 radical (unpaired) electrons. The van der Waals surface area contributed by atoms with Crippen LogP contribution in [0.25, 0.3) is 0 Å². The summed E-state index contributed by atoms with van der Waals surface area (Å²) >= 11 is 5.91. The van der Waals surface area contributed by atoms with Gasteiger partial charge in [0, 0.05) is 5.02 Å². The average Bonchev–Trinajstić information content (AvgIpc) is 2.46. The van der Waals surface area contributed by atoms with Crippen molar-refractivity contribution in [2.75, 3.05) is 0 Å². The van der Waals surface area contributed by atoms with Crippen LogP contribution in [0.3, 0.4) is 0 Å². The van der Waals surface area contributed by atoms with Crippen LogP contribution in [-0.4, -0.2) is 28.0 Å². The summed E-state index contributed by atoms with van der Waals surface area (Å²) in [4.78, 5) is 23.5. The number of aliphatic hydroxyl groups is 1. The molecule has 0 bridgehead atoms. The van der Waals surface area contributed by atoms with E-state index in [9.17, 15) is 14.7 Å². The lowest BCUT2D eigenvalue weighted by molar-refractivity contribution is -0.144. The summed E-state index contributed by atoms with van der Waals surface area (Å²) in [5, 5.41) is 22.2. The van der Waals surface area contributed by atoms with E-state index in [1.807, 2.05) is 0 Å². The Hall–Kier alpha value is -2.31. The third-order valence-corrected chi connectivity index (χ3v) is 3.45. The van der Waals surface area contributed by atoms with Gasteiger partial charge in [-0.25, -0.2) is 0 Å². The smallest absolute Gasteiger partial charge is 0.328 e. The molecule has 21 heavy (non-hydrogen) atoms. The number of carbonyl (C=O) groups excluding carboxylic acids is 1. The number of carbonyl (C=O) groups is 2. The van der Waals surface area contributed by atoms with Gasteiger partial charge in [-0.05, 0) is 36.0 Å². The van der Waals surface area contributed by atoms with Gasteiger partial charge in [-0.2, -0.15) is 0 Å². The Bertz CT molecular complexity index is 656. The Morgan fingerprint density at radius 3 is 2.67 bits per heavy atom. The van der Waals surface area contributed by atoms with E-state index in [0.29, 0.717) is 10.6 Å². The first-order chi connectivity index (χ1) is 9.89. The highest BCUT2D eigenvalue weighted by Gasteiger charge is 2.48. The number of nitrogens with one attached hydrogen (secondary N) is 1. The topological polar surface area (TPSA) is 113 Å². The van der Waals surface area contributed by atoms with Gasteiger partial charge in [0.05, 0.1) is 0 Å². The molecule has 0 aliphatic carbocycles. The van der Waals surface area contributed by atoms with Crippen molar-refractivity contribution in [3.8, 4) is 0 Å². The number of rotatable bonds is 4. The van der Waals surface area contributed by atoms with Gasteiger partial charge in [-0.15, -0.1) is 0 Å². The number of carboxylic acids is 1. The normalized spacial score (nSPS) is 22.1. The lowest BCUT2D eigenvalue weighted by atomic mass is 9.79. The van der Waals surface area contributed by atoms with Crippen LogP contribution in [0.5, 0.6) is 0 Å². The Kier molecular flexibility index (Phi) is 4.02. The second-order valence-electron chi connectivity index (χ2n) is 4.50.